The Morgan fingerprint density at radius 1 is 1.00 bits per heavy atom. The number of nitrogens with zero attached hydrogens (tertiary/aromatic N) is 1. The molecule has 1 aliphatic heterocycles. The van der Waals surface area contributed by atoms with Crippen LogP contribution in [0.4, 0.5) is 0 Å². The van der Waals surface area contributed by atoms with Crippen molar-refractivity contribution in [1.82, 2.24) is 10.2 Å². The van der Waals surface area contributed by atoms with Crippen molar-refractivity contribution in [2.75, 3.05) is 13.1 Å². The number of phenols is 1. The van der Waals surface area contributed by atoms with Gasteiger partial charge in [0, 0.05) is 30.3 Å². The Hall–Kier alpha value is -2.24. The molecule has 0 saturated carbocycles. The van der Waals surface area contributed by atoms with Crippen LogP contribution in [-0.4, -0.2) is 41.0 Å². The molecule has 26 heavy (non-hydrogen) atoms. The lowest BCUT2D eigenvalue weighted by Crippen LogP contribution is -2.46. The van der Waals surface area contributed by atoms with E-state index in [1.807, 2.05) is 0 Å². The first-order valence-corrected chi connectivity index (χ1v) is 9.04. The van der Waals surface area contributed by atoms with Crippen molar-refractivity contribution in [1.29, 1.82) is 0 Å². The maximum atomic E-state index is 12.5. The van der Waals surface area contributed by atoms with E-state index in [0.29, 0.717) is 47.1 Å². The van der Waals surface area contributed by atoms with E-state index in [4.69, 9.17) is 23.2 Å². The largest absolute Gasteiger partial charge is 0.508 e. The van der Waals surface area contributed by atoms with Gasteiger partial charge in [0.15, 0.2) is 0 Å². The van der Waals surface area contributed by atoms with E-state index in [1.165, 1.54) is 12.1 Å². The van der Waals surface area contributed by atoms with E-state index < -0.39 is 0 Å². The number of benzene rings is 2. The van der Waals surface area contributed by atoms with Crippen LogP contribution in [0.5, 0.6) is 5.75 Å². The topological polar surface area (TPSA) is 69.6 Å². The van der Waals surface area contributed by atoms with E-state index in [1.54, 1.807) is 35.2 Å². The minimum absolute atomic E-state index is 0.00909. The Morgan fingerprint density at radius 3 is 2.38 bits per heavy atom. The Bertz CT molecular complexity index is 833. The summed E-state index contributed by atoms with van der Waals surface area (Å²) in [5.74, 6) is -0.254. The van der Waals surface area contributed by atoms with E-state index in [2.05, 4.69) is 5.32 Å². The van der Waals surface area contributed by atoms with Crippen molar-refractivity contribution in [2.24, 2.45) is 0 Å². The van der Waals surface area contributed by atoms with Gasteiger partial charge >= 0.3 is 0 Å². The van der Waals surface area contributed by atoms with Crippen LogP contribution < -0.4 is 5.32 Å². The fourth-order valence-corrected chi connectivity index (χ4v) is 3.25. The first-order valence-electron chi connectivity index (χ1n) is 8.28. The number of nitrogens with one attached hydrogen (secondary N) is 1. The average Bonchev–Trinajstić information content (AvgIpc) is 2.64. The molecule has 1 aliphatic rings. The second-order valence-corrected chi connectivity index (χ2v) is 7.03. The van der Waals surface area contributed by atoms with Gasteiger partial charge in [0.2, 0.25) is 0 Å². The highest BCUT2D eigenvalue weighted by molar-refractivity contribution is 6.42. The molecule has 2 aromatic rings. The van der Waals surface area contributed by atoms with Gasteiger partial charge in [-0.15, -0.1) is 0 Å². The number of rotatable bonds is 3. The highest BCUT2D eigenvalue weighted by Gasteiger charge is 2.25. The van der Waals surface area contributed by atoms with Crippen molar-refractivity contribution in [2.45, 2.75) is 18.9 Å². The minimum Gasteiger partial charge on any atom is -0.508 e. The standard InChI is InChI=1S/C19H18Cl2N2O3/c20-16-5-4-12(11-17(16)21)18(25)22-14-6-8-23(9-7-14)19(26)13-2-1-3-15(24)10-13/h1-5,10-11,14,24H,6-9H2,(H,22,25). The second-order valence-electron chi connectivity index (χ2n) is 6.22. The van der Waals surface area contributed by atoms with Gasteiger partial charge in [0.1, 0.15) is 5.75 Å². The van der Waals surface area contributed by atoms with Crippen LogP contribution in [0.15, 0.2) is 42.5 Å². The third-order valence-electron chi connectivity index (χ3n) is 4.39. The minimum atomic E-state index is -0.207. The predicted octanol–water partition coefficient (Wildman–Crippen LogP) is 3.73. The average molecular weight is 393 g/mol. The Morgan fingerprint density at radius 2 is 1.73 bits per heavy atom. The summed E-state index contributed by atoms with van der Waals surface area (Å²) in [7, 11) is 0. The molecule has 5 nitrogen and oxygen atoms in total. The second kappa shape index (κ2) is 7.98. The number of phenolic OH excluding ortho intramolecular Hbond substituents is 1. The summed E-state index contributed by atoms with van der Waals surface area (Å²) in [4.78, 5) is 26.5. The summed E-state index contributed by atoms with van der Waals surface area (Å²) in [6.07, 6.45) is 1.33. The molecular formula is C19H18Cl2N2O3. The maximum Gasteiger partial charge on any atom is 0.253 e. The van der Waals surface area contributed by atoms with Gasteiger partial charge in [-0.3, -0.25) is 9.59 Å². The van der Waals surface area contributed by atoms with Gasteiger partial charge in [-0.25, -0.2) is 0 Å². The summed E-state index contributed by atoms with van der Waals surface area (Å²) in [6.45, 7) is 1.08. The molecule has 0 spiro atoms. The number of aromatic hydroxyl groups is 1. The van der Waals surface area contributed by atoms with Crippen LogP contribution in [0, 0.1) is 0 Å². The van der Waals surface area contributed by atoms with Crippen LogP contribution in [-0.2, 0) is 0 Å². The Labute approximate surface area is 161 Å². The number of hydrogen-bond acceptors (Lipinski definition) is 3. The molecule has 1 fully saturated rings. The van der Waals surface area contributed by atoms with Crippen molar-refractivity contribution >= 4 is 35.0 Å². The molecule has 0 aliphatic carbocycles. The lowest BCUT2D eigenvalue weighted by molar-refractivity contribution is 0.0697. The molecule has 0 radical (unpaired) electrons. The summed E-state index contributed by atoms with van der Waals surface area (Å²) >= 11 is 11.8. The van der Waals surface area contributed by atoms with Crippen LogP contribution >= 0.6 is 23.2 Å². The zero-order valence-electron chi connectivity index (χ0n) is 13.9. The molecule has 0 unspecified atom stereocenters. The highest BCUT2D eigenvalue weighted by atomic mass is 35.5. The van der Waals surface area contributed by atoms with Crippen molar-refractivity contribution < 1.29 is 14.7 Å². The van der Waals surface area contributed by atoms with Crippen LogP contribution in [0.2, 0.25) is 10.0 Å². The molecule has 2 N–H and O–H groups in total. The number of likely N-dealkylation sites (tertiary alicyclic amines) is 1. The summed E-state index contributed by atoms with van der Waals surface area (Å²) in [5.41, 5.74) is 0.918. The van der Waals surface area contributed by atoms with Crippen molar-refractivity contribution in [3.63, 3.8) is 0 Å². The Balaban J connectivity index is 1.55. The van der Waals surface area contributed by atoms with E-state index in [-0.39, 0.29) is 23.6 Å². The van der Waals surface area contributed by atoms with Crippen LogP contribution in [0.1, 0.15) is 33.6 Å². The summed E-state index contributed by atoms with van der Waals surface area (Å²) in [6, 6.07) is 11.1. The summed E-state index contributed by atoms with van der Waals surface area (Å²) < 4.78 is 0. The molecule has 2 amide bonds. The number of halogens is 2. The molecule has 1 heterocycles. The SMILES string of the molecule is O=C(NC1CCN(C(=O)c2cccc(O)c2)CC1)c1ccc(Cl)c(Cl)c1. The van der Waals surface area contributed by atoms with Crippen molar-refractivity contribution in [3.8, 4) is 5.75 Å². The van der Waals surface area contributed by atoms with Gasteiger partial charge in [-0.05, 0) is 49.2 Å². The predicted molar refractivity (Wildman–Crippen MR) is 101 cm³/mol. The van der Waals surface area contributed by atoms with Crippen LogP contribution in [0.3, 0.4) is 0 Å². The smallest absolute Gasteiger partial charge is 0.253 e. The van der Waals surface area contributed by atoms with Crippen molar-refractivity contribution in [3.05, 3.63) is 63.6 Å². The van der Waals surface area contributed by atoms with E-state index in [0.717, 1.165) is 0 Å². The fourth-order valence-electron chi connectivity index (χ4n) is 2.95. The quantitative estimate of drug-likeness (QED) is 0.835. The number of carbonyl (C=O) groups excluding carboxylic acids is 2. The zero-order chi connectivity index (χ0) is 18.7. The normalized spacial score (nSPS) is 14.9. The molecule has 7 heteroatoms. The molecule has 1 saturated heterocycles. The lowest BCUT2D eigenvalue weighted by Gasteiger charge is -2.32. The molecule has 3 rings (SSSR count). The number of hydrogen-bond donors (Lipinski definition) is 2. The first-order chi connectivity index (χ1) is 12.4. The summed E-state index contributed by atoms with van der Waals surface area (Å²) in [5, 5.41) is 13.2. The lowest BCUT2D eigenvalue weighted by atomic mass is 10.0. The fraction of sp³-hybridized carbons (Fsp3) is 0.263. The number of amides is 2. The first kappa shape index (κ1) is 18.5. The molecule has 0 aromatic heterocycles. The Kier molecular flexibility index (Phi) is 5.69. The number of carbonyl (C=O) groups is 2. The molecule has 0 atom stereocenters. The highest BCUT2D eigenvalue weighted by Crippen LogP contribution is 2.23. The van der Waals surface area contributed by atoms with Gasteiger partial charge < -0.3 is 15.3 Å². The van der Waals surface area contributed by atoms with Gasteiger partial charge in [-0.1, -0.05) is 29.3 Å². The molecular weight excluding hydrogens is 375 g/mol. The molecule has 0 bridgehead atoms. The third kappa shape index (κ3) is 4.29. The third-order valence-corrected chi connectivity index (χ3v) is 5.13. The van der Waals surface area contributed by atoms with E-state index >= 15 is 0 Å². The van der Waals surface area contributed by atoms with Gasteiger partial charge in [-0.2, -0.15) is 0 Å². The van der Waals surface area contributed by atoms with Gasteiger partial charge in [0.25, 0.3) is 11.8 Å². The monoisotopic (exact) mass is 392 g/mol. The molecule has 136 valence electrons. The maximum absolute atomic E-state index is 12.5. The van der Waals surface area contributed by atoms with Gasteiger partial charge in [0.05, 0.1) is 10.0 Å². The molecule has 2 aromatic carbocycles. The van der Waals surface area contributed by atoms with Crippen LogP contribution in [0.25, 0.3) is 0 Å². The number of piperidine rings is 1. The zero-order valence-corrected chi connectivity index (χ0v) is 15.4. The van der Waals surface area contributed by atoms with E-state index in [9.17, 15) is 14.7 Å².